The maximum atomic E-state index is 10.8. The second kappa shape index (κ2) is 6.78. The first-order chi connectivity index (χ1) is 8.58. The molecular formula is C13H16O5. The summed E-state index contributed by atoms with van der Waals surface area (Å²) in [6.07, 6.45) is -0.0488. The van der Waals surface area contributed by atoms with E-state index in [2.05, 4.69) is 4.74 Å². The van der Waals surface area contributed by atoms with Gasteiger partial charge in [0.05, 0.1) is 14.2 Å². The normalized spacial score (nSPS) is 14.2. The first-order valence-corrected chi connectivity index (χ1v) is 5.34. The van der Waals surface area contributed by atoms with Crippen molar-refractivity contribution < 1.29 is 24.5 Å². The standard InChI is InChI=1S/C13H16O5/c1-17-10-5-3-9(4-6-10)13(16)11(14)7-8-12(15)18-2/h3-8,11,13-14,16H,1-2H3/b8-7+. The Morgan fingerprint density at radius 3 is 2.33 bits per heavy atom. The Balaban J connectivity index is 2.70. The molecule has 0 radical (unpaired) electrons. The highest BCUT2D eigenvalue weighted by Gasteiger charge is 2.15. The van der Waals surface area contributed by atoms with Crippen molar-refractivity contribution >= 4 is 5.97 Å². The second-order valence-electron chi connectivity index (χ2n) is 3.59. The van der Waals surface area contributed by atoms with Crippen LogP contribution in [0.3, 0.4) is 0 Å². The molecule has 0 amide bonds. The monoisotopic (exact) mass is 252 g/mol. The zero-order valence-electron chi connectivity index (χ0n) is 10.2. The second-order valence-corrected chi connectivity index (χ2v) is 3.59. The van der Waals surface area contributed by atoms with Crippen molar-refractivity contribution in [3.05, 3.63) is 42.0 Å². The van der Waals surface area contributed by atoms with Crippen molar-refractivity contribution in [2.75, 3.05) is 14.2 Å². The number of hydrogen-bond donors (Lipinski definition) is 2. The van der Waals surface area contributed by atoms with Gasteiger partial charge < -0.3 is 19.7 Å². The average Bonchev–Trinajstić information content (AvgIpc) is 2.43. The van der Waals surface area contributed by atoms with Crippen LogP contribution in [0.1, 0.15) is 11.7 Å². The van der Waals surface area contributed by atoms with E-state index < -0.39 is 18.2 Å². The fourth-order valence-electron chi connectivity index (χ4n) is 1.35. The van der Waals surface area contributed by atoms with Crippen LogP contribution < -0.4 is 4.74 Å². The van der Waals surface area contributed by atoms with Crippen LogP contribution >= 0.6 is 0 Å². The smallest absolute Gasteiger partial charge is 0.330 e. The summed E-state index contributed by atoms with van der Waals surface area (Å²) in [6.45, 7) is 0. The molecule has 2 N–H and O–H groups in total. The quantitative estimate of drug-likeness (QED) is 0.599. The molecule has 2 unspecified atom stereocenters. The Hall–Kier alpha value is -1.85. The molecule has 0 aliphatic carbocycles. The molecule has 1 aromatic carbocycles. The molecule has 1 rings (SSSR count). The van der Waals surface area contributed by atoms with Crippen molar-refractivity contribution in [1.29, 1.82) is 0 Å². The molecule has 5 heteroatoms. The van der Waals surface area contributed by atoms with Gasteiger partial charge in [0.1, 0.15) is 18.0 Å². The molecule has 0 aliphatic heterocycles. The summed E-state index contributed by atoms with van der Waals surface area (Å²) in [5.74, 6) is 0.0709. The Bertz CT molecular complexity index is 410. The summed E-state index contributed by atoms with van der Waals surface area (Å²) in [4.78, 5) is 10.8. The van der Waals surface area contributed by atoms with E-state index in [9.17, 15) is 15.0 Å². The van der Waals surface area contributed by atoms with E-state index in [0.717, 1.165) is 6.08 Å². The van der Waals surface area contributed by atoms with Crippen molar-refractivity contribution in [1.82, 2.24) is 0 Å². The summed E-state index contributed by atoms with van der Waals surface area (Å²) in [5.41, 5.74) is 0.526. The first-order valence-electron chi connectivity index (χ1n) is 5.34. The molecule has 0 saturated carbocycles. The molecule has 0 heterocycles. The van der Waals surface area contributed by atoms with Crippen LogP contribution in [0.2, 0.25) is 0 Å². The molecule has 0 spiro atoms. The Morgan fingerprint density at radius 1 is 1.22 bits per heavy atom. The lowest BCUT2D eigenvalue weighted by Gasteiger charge is -2.15. The van der Waals surface area contributed by atoms with Crippen LogP contribution in [-0.2, 0) is 9.53 Å². The van der Waals surface area contributed by atoms with E-state index in [0.29, 0.717) is 11.3 Å². The highest BCUT2D eigenvalue weighted by atomic mass is 16.5. The van der Waals surface area contributed by atoms with Gasteiger partial charge in [0.15, 0.2) is 0 Å². The van der Waals surface area contributed by atoms with Crippen molar-refractivity contribution in [2.24, 2.45) is 0 Å². The van der Waals surface area contributed by atoms with E-state index in [1.165, 1.54) is 13.2 Å². The minimum Gasteiger partial charge on any atom is -0.497 e. The van der Waals surface area contributed by atoms with Crippen molar-refractivity contribution in [3.63, 3.8) is 0 Å². The minimum atomic E-state index is -1.18. The van der Waals surface area contributed by atoms with Crippen LogP contribution in [0.5, 0.6) is 5.75 Å². The Kier molecular flexibility index (Phi) is 5.35. The summed E-state index contributed by atoms with van der Waals surface area (Å²) in [7, 11) is 2.78. The van der Waals surface area contributed by atoms with Gasteiger partial charge in [-0.25, -0.2) is 4.79 Å². The van der Waals surface area contributed by atoms with E-state index in [1.807, 2.05) is 0 Å². The van der Waals surface area contributed by atoms with Crippen LogP contribution in [0.15, 0.2) is 36.4 Å². The fraction of sp³-hybridized carbons (Fsp3) is 0.308. The number of aliphatic hydroxyl groups is 2. The maximum absolute atomic E-state index is 10.8. The summed E-state index contributed by atoms with van der Waals surface area (Å²) in [5, 5.41) is 19.5. The summed E-state index contributed by atoms with van der Waals surface area (Å²) in [6, 6.07) is 6.63. The highest BCUT2D eigenvalue weighted by Crippen LogP contribution is 2.20. The van der Waals surface area contributed by atoms with Crippen LogP contribution in [-0.4, -0.2) is 36.5 Å². The largest absolute Gasteiger partial charge is 0.497 e. The first kappa shape index (κ1) is 14.2. The van der Waals surface area contributed by atoms with Gasteiger partial charge in [0.2, 0.25) is 0 Å². The lowest BCUT2D eigenvalue weighted by atomic mass is 10.0. The molecule has 0 fully saturated rings. The van der Waals surface area contributed by atoms with Gasteiger partial charge >= 0.3 is 5.97 Å². The minimum absolute atomic E-state index is 0.526. The van der Waals surface area contributed by atoms with E-state index >= 15 is 0 Å². The van der Waals surface area contributed by atoms with Gasteiger partial charge in [-0.15, -0.1) is 0 Å². The SMILES string of the molecule is COC(=O)/C=C/C(O)C(O)c1ccc(OC)cc1. The number of esters is 1. The number of aliphatic hydroxyl groups excluding tert-OH is 2. The molecule has 98 valence electrons. The molecular weight excluding hydrogens is 236 g/mol. The fourth-order valence-corrected chi connectivity index (χ4v) is 1.35. The number of ether oxygens (including phenoxy) is 2. The third-order valence-corrected chi connectivity index (χ3v) is 2.41. The number of hydrogen-bond acceptors (Lipinski definition) is 5. The Labute approximate surface area is 105 Å². The summed E-state index contributed by atoms with van der Waals surface area (Å²) < 4.78 is 9.36. The van der Waals surface area contributed by atoms with Gasteiger partial charge in [-0.2, -0.15) is 0 Å². The molecule has 0 aromatic heterocycles. The lowest BCUT2D eigenvalue weighted by Crippen LogP contribution is -2.16. The van der Waals surface area contributed by atoms with Gasteiger partial charge in [-0.1, -0.05) is 12.1 Å². The lowest BCUT2D eigenvalue weighted by molar-refractivity contribution is -0.134. The van der Waals surface area contributed by atoms with Crippen molar-refractivity contribution in [3.8, 4) is 5.75 Å². The molecule has 0 saturated heterocycles. The zero-order chi connectivity index (χ0) is 13.5. The Morgan fingerprint density at radius 2 is 1.83 bits per heavy atom. The number of methoxy groups -OCH3 is 2. The number of carbonyl (C=O) groups excluding carboxylic acids is 1. The third-order valence-electron chi connectivity index (χ3n) is 2.41. The molecule has 5 nitrogen and oxygen atoms in total. The van der Waals surface area contributed by atoms with Crippen LogP contribution in [0.4, 0.5) is 0 Å². The molecule has 1 aromatic rings. The number of carbonyl (C=O) groups is 1. The zero-order valence-corrected chi connectivity index (χ0v) is 10.2. The van der Waals surface area contributed by atoms with E-state index in [4.69, 9.17) is 4.74 Å². The predicted molar refractivity (Wildman–Crippen MR) is 65.1 cm³/mol. The maximum Gasteiger partial charge on any atom is 0.330 e. The number of benzene rings is 1. The van der Waals surface area contributed by atoms with E-state index in [-0.39, 0.29) is 0 Å². The van der Waals surface area contributed by atoms with Gasteiger partial charge in [0.25, 0.3) is 0 Å². The van der Waals surface area contributed by atoms with Gasteiger partial charge in [0, 0.05) is 6.08 Å². The van der Waals surface area contributed by atoms with Crippen LogP contribution in [0.25, 0.3) is 0 Å². The average molecular weight is 252 g/mol. The highest BCUT2D eigenvalue weighted by molar-refractivity contribution is 5.81. The molecule has 2 atom stereocenters. The van der Waals surface area contributed by atoms with Crippen molar-refractivity contribution in [2.45, 2.75) is 12.2 Å². The topological polar surface area (TPSA) is 76.0 Å². The molecule has 0 aliphatic rings. The molecule has 0 bridgehead atoms. The summed E-state index contributed by atoms with van der Waals surface area (Å²) >= 11 is 0. The predicted octanol–water partition coefficient (Wildman–Crippen LogP) is 0.819. The third kappa shape index (κ3) is 3.87. The van der Waals surface area contributed by atoms with Gasteiger partial charge in [-0.3, -0.25) is 0 Å². The van der Waals surface area contributed by atoms with Gasteiger partial charge in [-0.05, 0) is 23.8 Å². The number of rotatable bonds is 5. The van der Waals surface area contributed by atoms with Crippen LogP contribution in [0, 0.1) is 0 Å². The van der Waals surface area contributed by atoms with E-state index in [1.54, 1.807) is 31.4 Å². The molecule has 18 heavy (non-hydrogen) atoms.